The van der Waals surface area contributed by atoms with Crippen molar-refractivity contribution in [1.82, 2.24) is 14.8 Å². The molecule has 2 fully saturated rings. The maximum Gasteiger partial charge on any atom is 0.230 e. The van der Waals surface area contributed by atoms with E-state index in [2.05, 4.69) is 9.88 Å². The zero-order valence-corrected chi connectivity index (χ0v) is 15.2. The number of benzene rings is 1. The van der Waals surface area contributed by atoms with E-state index in [9.17, 15) is 13.6 Å². The third-order valence-electron chi connectivity index (χ3n) is 5.78. The van der Waals surface area contributed by atoms with Crippen molar-refractivity contribution in [2.75, 3.05) is 19.6 Å². The molecule has 1 amide bonds. The van der Waals surface area contributed by atoms with Crippen LogP contribution < -0.4 is 0 Å². The molecule has 4 nitrogen and oxygen atoms in total. The number of hydrogen-bond donors (Lipinski definition) is 0. The van der Waals surface area contributed by atoms with Crippen LogP contribution >= 0.6 is 0 Å². The number of aromatic nitrogens is 1. The Morgan fingerprint density at radius 1 is 1.07 bits per heavy atom. The predicted molar refractivity (Wildman–Crippen MR) is 97.6 cm³/mol. The molecule has 2 saturated heterocycles. The standard InChI is InChI=1S/C21H23F2N3O/c22-18-6-1-5-17(19(18)23)14-26-10-3-7-21(20(26)27)8-11-25(15-21)13-16-4-2-9-24-12-16/h1-2,4-6,9,12H,3,7-8,10-11,13-15H2/t21-/m1/s1. The third kappa shape index (κ3) is 3.58. The van der Waals surface area contributed by atoms with Gasteiger partial charge in [-0.2, -0.15) is 0 Å². The van der Waals surface area contributed by atoms with Gasteiger partial charge in [0.1, 0.15) is 0 Å². The smallest absolute Gasteiger partial charge is 0.230 e. The van der Waals surface area contributed by atoms with Crippen LogP contribution in [0, 0.1) is 17.0 Å². The quantitative estimate of drug-likeness (QED) is 0.827. The summed E-state index contributed by atoms with van der Waals surface area (Å²) < 4.78 is 27.5. The molecule has 0 aliphatic carbocycles. The van der Waals surface area contributed by atoms with Crippen LogP contribution in [-0.4, -0.2) is 40.3 Å². The molecule has 1 aromatic carbocycles. The van der Waals surface area contributed by atoms with Crippen LogP contribution in [0.25, 0.3) is 0 Å². The molecule has 6 heteroatoms. The van der Waals surface area contributed by atoms with E-state index in [1.54, 1.807) is 17.2 Å². The van der Waals surface area contributed by atoms with Crippen molar-refractivity contribution in [2.24, 2.45) is 5.41 Å². The minimum atomic E-state index is -0.866. The van der Waals surface area contributed by atoms with Crippen molar-refractivity contribution in [3.63, 3.8) is 0 Å². The Kier molecular flexibility index (Phi) is 4.91. The molecule has 0 radical (unpaired) electrons. The second-order valence-electron chi connectivity index (χ2n) is 7.65. The van der Waals surface area contributed by atoms with Crippen LogP contribution in [0.2, 0.25) is 0 Å². The van der Waals surface area contributed by atoms with Gasteiger partial charge in [-0.25, -0.2) is 8.78 Å². The van der Waals surface area contributed by atoms with Gasteiger partial charge in [0.2, 0.25) is 5.91 Å². The van der Waals surface area contributed by atoms with Gasteiger partial charge in [0.05, 0.1) is 5.41 Å². The molecule has 4 rings (SSSR count). The van der Waals surface area contributed by atoms with Crippen molar-refractivity contribution in [1.29, 1.82) is 0 Å². The highest BCUT2D eigenvalue weighted by atomic mass is 19.2. The van der Waals surface area contributed by atoms with Crippen LogP contribution in [0.15, 0.2) is 42.7 Å². The number of carbonyl (C=O) groups is 1. The molecular weight excluding hydrogens is 348 g/mol. The second kappa shape index (κ2) is 7.35. The molecule has 0 N–H and O–H groups in total. The van der Waals surface area contributed by atoms with Gasteiger partial charge in [0.15, 0.2) is 11.6 Å². The third-order valence-corrected chi connectivity index (χ3v) is 5.78. The molecule has 0 bridgehead atoms. The highest BCUT2D eigenvalue weighted by molar-refractivity contribution is 5.84. The van der Waals surface area contributed by atoms with Crippen molar-refractivity contribution < 1.29 is 13.6 Å². The Hall–Kier alpha value is -2.34. The average molecular weight is 371 g/mol. The fraction of sp³-hybridized carbons (Fsp3) is 0.429. The van der Waals surface area contributed by atoms with E-state index in [0.29, 0.717) is 13.1 Å². The van der Waals surface area contributed by atoms with E-state index in [1.807, 2.05) is 18.3 Å². The van der Waals surface area contributed by atoms with Crippen molar-refractivity contribution in [2.45, 2.75) is 32.4 Å². The first-order valence-electron chi connectivity index (χ1n) is 9.41. The first-order chi connectivity index (χ1) is 13.1. The van der Waals surface area contributed by atoms with Gasteiger partial charge in [-0.1, -0.05) is 18.2 Å². The number of amides is 1. The number of carbonyl (C=O) groups excluding carboxylic acids is 1. The van der Waals surface area contributed by atoms with Gasteiger partial charge in [0.25, 0.3) is 0 Å². The lowest BCUT2D eigenvalue weighted by atomic mass is 9.78. The number of pyridine rings is 1. The molecule has 1 atom stereocenters. The van der Waals surface area contributed by atoms with Crippen LogP contribution in [0.1, 0.15) is 30.4 Å². The number of rotatable bonds is 4. The van der Waals surface area contributed by atoms with Gasteiger partial charge in [0, 0.05) is 44.1 Å². The minimum absolute atomic E-state index is 0.0751. The molecule has 0 saturated carbocycles. The largest absolute Gasteiger partial charge is 0.338 e. The van der Waals surface area contributed by atoms with Gasteiger partial charge in [-0.05, 0) is 43.5 Å². The maximum atomic E-state index is 14.0. The number of piperidine rings is 1. The molecular formula is C21H23F2N3O. The lowest BCUT2D eigenvalue weighted by Crippen LogP contribution is -2.49. The number of nitrogens with zero attached hydrogens (tertiary/aromatic N) is 3. The summed E-state index contributed by atoms with van der Waals surface area (Å²) in [5.41, 5.74) is 0.978. The summed E-state index contributed by atoms with van der Waals surface area (Å²) in [7, 11) is 0. The van der Waals surface area contributed by atoms with Gasteiger partial charge in [-0.15, -0.1) is 0 Å². The predicted octanol–water partition coefficient (Wildman–Crippen LogP) is 3.37. The summed E-state index contributed by atoms with van der Waals surface area (Å²) in [5.74, 6) is -1.64. The lowest BCUT2D eigenvalue weighted by Gasteiger charge is -2.39. The Balaban J connectivity index is 1.46. The maximum absolute atomic E-state index is 14.0. The Labute approximate surface area is 157 Å². The van der Waals surface area contributed by atoms with Gasteiger partial charge in [-0.3, -0.25) is 14.7 Å². The molecule has 142 valence electrons. The molecule has 2 aliphatic rings. The summed E-state index contributed by atoms with van der Waals surface area (Å²) in [4.78, 5) is 21.4. The monoisotopic (exact) mass is 371 g/mol. The fourth-order valence-corrected chi connectivity index (χ4v) is 4.40. The molecule has 0 unspecified atom stereocenters. The van der Waals surface area contributed by atoms with E-state index >= 15 is 0 Å². The topological polar surface area (TPSA) is 36.4 Å². The normalized spacial score (nSPS) is 23.3. The van der Waals surface area contributed by atoms with Crippen molar-refractivity contribution >= 4 is 5.91 Å². The number of likely N-dealkylation sites (tertiary alicyclic amines) is 2. The summed E-state index contributed by atoms with van der Waals surface area (Å²) in [5, 5.41) is 0. The number of halogens is 2. The summed E-state index contributed by atoms with van der Waals surface area (Å²) >= 11 is 0. The van der Waals surface area contributed by atoms with Gasteiger partial charge >= 0.3 is 0 Å². The fourth-order valence-electron chi connectivity index (χ4n) is 4.40. The SMILES string of the molecule is O=C1N(Cc2cccc(F)c2F)CCC[C@]12CCN(Cc1cccnc1)C2. The lowest BCUT2D eigenvalue weighted by molar-refractivity contribution is -0.146. The van der Waals surface area contributed by atoms with Crippen LogP contribution in [0.4, 0.5) is 8.78 Å². The highest BCUT2D eigenvalue weighted by Crippen LogP contribution is 2.41. The number of hydrogen-bond acceptors (Lipinski definition) is 3. The summed E-state index contributed by atoms with van der Waals surface area (Å²) in [6.07, 6.45) is 6.17. The Morgan fingerprint density at radius 2 is 1.96 bits per heavy atom. The average Bonchev–Trinajstić information content (AvgIpc) is 3.07. The van der Waals surface area contributed by atoms with E-state index in [4.69, 9.17) is 0 Å². The van der Waals surface area contributed by atoms with Crippen LogP contribution in [0.5, 0.6) is 0 Å². The molecule has 1 spiro atoms. The summed E-state index contributed by atoms with van der Waals surface area (Å²) in [6, 6.07) is 8.10. The zero-order chi connectivity index (χ0) is 18.9. The first kappa shape index (κ1) is 18.0. The van der Waals surface area contributed by atoms with E-state index < -0.39 is 17.0 Å². The summed E-state index contributed by atoms with van der Waals surface area (Å²) in [6.45, 7) is 3.08. The van der Waals surface area contributed by atoms with E-state index in [-0.39, 0.29) is 18.0 Å². The molecule has 2 aliphatic heterocycles. The first-order valence-corrected chi connectivity index (χ1v) is 9.41. The zero-order valence-electron chi connectivity index (χ0n) is 15.2. The van der Waals surface area contributed by atoms with Crippen molar-refractivity contribution in [3.05, 3.63) is 65.5 Å². The van der Waals surface area contributed by atoms with E-state index in [1.165, 1.54) is 6.07 Å². The highest BCUT2D eigenvalue weighted by Gasteiger charge is 2.48. The molecule has 27 heavy (non-hydrogen) atoms. The molecule has 3 heterocycles. The Morgan fingerprint density at radius 3 is 2.78 bits per heavy atom. The minimum Gasteiger partial charge on any atom is -0.338 e. The van der Waals surface area contributed by atoms with Gasteiger partial charge < -0.3 is 4.90 Å². The van der Waals surface area contributed by atoms with Crippen molar-refractivity contribution in [3.8, 4) is 0 Å². The van der Waals surface area contributed by atoms with E-state index in [0.717, 1.165) is 44.0 Å². The van der Waals surface area contributed by atoms with Crippen LogP contribution in [0.3, 0.4) is 0 Å². The Bertz CT molecular complexity index is 829. The second-order valence-corrected chi connectivity index (χ2v) is 7.65. The van der Waals surface area contributed by atoms with Crippen LogP contribution in [-0.2, 0) is 17.9 Å². The molecule has 1 aromatic heterocycles. The molecule has 2 aromatic rings.